The number of rotatable bonds is 4. The van der Waals surface area contributed by atoms with Crippen LogP contribution in [0.25, 0.3) is 21.6 Å². The number of hydrogen-bond donors (Lipinski definition) is 0. The van der Waals surface area contributed by atoms with Crippen molar-refractivity contribution in [1.82, 2.24) is 19.7 Å². The summed E-state index contributed by atoms with van der Waals surface area (Å²) in [4.78, 5) is 21.3. The van der Waals surface area contributed by atoms with Crippen molar-refractivity contribution in [3.05, 3.63) is 57.3 Å². The Bertz CT molecular complexity index is 1200. The van der Waals surface area contributed by atoms with Gasteiger partial charge in [-0.05, 0) is 36.9 Å². The molecule has 0 aliphatic heterocycles. The van der Waals surface area contributed by atoms with E-state index in [2.05, 4.69) is 15.1 Å². The fraction of sp³-hybridized carbons (Fsp3) is 0.222. The second kappa shape index (κ2) is 6.90. The molecule has 1 atom stereocenters. The fourth-order valence-corrected chi connectivity index (χ4v) is 4.24. The number of aromatic nitrogens is 4. The summed E-state index contributed by atoms with van der Waals surface area (Å²) in [6, 6.07) is 6.64. The van der Waals surface area contributed by atoms with Gasteiger partial charge in [-0.3, -0.25) is 9.36 Å². The van der Waals surface area contributed by atoms with Crippen LogP contribution >= 0.6 is 23.1 Å². The predicted octanol–water partition coefficient (Wildman–Crippen LogP) is 4.35. The minimum Gasteiger partial charge on any atom is -0.338 e. The minimum absolute atomic E-state index is 0.0777. The zero-order chi connectivity index (χ0) is 19.1. The average molecular weight is 402 g/mol. The lowest BCUT2D eigenvalue weighted by molar-refractivity contribution is 0.380. The van der Waals surface area contributed by atoms with E-state index in [1.807, 2.05) is 18.4 Å². The van der Waals surface area contributed by atoms with Crippen LogP contribution in [-0.4, -0.2) is 19.7 Å². The second-order valence-corrected chi connectivity index (χ2v) is 8.30. The van der Waals surface area contributed by atoms with Crippen molar-refractivity contribution >= 4 is 33.3 Å². The molecule has 138 valence electrons. The summed E-state index contributed by atoms with van der Waals surface area (Å²) in [5, 5.41) is 6.14. The van der Waals surface area contributed by atoms with Crippen LogP contribution in [0.2, 0.25) is 0 Å². The molecule has 9 heteroatoms. The molecule has 0 aliphatic carbocycles. The summed E-state index contributed by atoms with van der Waals surface area (Å²) in [6.45, 7) is 3.59. The minimum atomic E-state index is -0.315. The fourth-order valence-electron chi connectivity index (χ4n) is 2.53. The van der Waals surface area contributed by atoms with Crippen LogP contribution in [0.15, 0.2) is 44.1 Å². The van der Waals surface area contributed by atoms with Crippen molar-refractivity contribution in [3.63, 3.8) is 0 Å². The third kappa shape index (κ3) is 3.28. The van der Waals surface area contributed by atoms with E-state index in [1.54, 1.807) is 26.1 Å². The molecule has 0 N–H and O–H groups in total. The molecule has 0 spiro atoms. The van der Waals surface area contributed by atoms with Gasteiger partial charge >= 0.3 is 0 Å². The number of benzene rings is 1. The average Bonchev–Trinajstić information content (AvgIpc) is 3.31. The lowest BCUT2D eigenvalue weighted by Gasteiger charge is -2.09. The quantitative estimate of drug-likeness (QED) is 0.373. The Morgan fingerprint density at radius 1 is 1.30 bits per heavy atom. The monoisotopic (exact) mass is 402 g/mol. The molecule has 1 aromatic carbocycles. The maximum Gasteiger partial charge on any atom is 0.271 e. The van der Waals surface area contributed by atoms with Gasteiger partial charge in [0.2, 0.25) is 11.7 Å². The van der Waals surface area contributed by atoms with Gasteiger partial charge in [-0.2, -0.15) is 4.98 Å². The summed E-state index contributed by atoms with van der Waals surface area (Å²) in [6.07, 6.45) is 0. The molecule has 4 rings (SSSR count). The summed E-state index contributed by atoms with van der Waals surface area (Å²) >= 11 is 2.73. The zero-order valence-corrected chi connectivity index (χ0v) is 16.4. The van der Waals surface area contributed by atoms with Crippen molar-refractivity contribution in [3.8, 4) is 11.4 Å². The molecule has 0 radical (unpaired) electrons. The molecule has 1 unspecified atom stereocenters. The van der Waals surface area contributed by atoms with Crippen molar-refractivity contribution in [1.29, 1.82) is 0 Å². The van der Waals surface area contributed by atoms with Gasteiger partial charge in [-0.15, -0.1) is 11.3 Å². The van der Waals surface area contributed by atoms with Crippen LogP contribution in [0.3, 0.4) is 0 Å². The molecule has 6 nitrogen and oxygen atoms in total. The van der Waals surface area contributed by atoms with E-state index in [1.165, 1.54) is 33.7 Å². The Kier molecular flexibility index (Phi) is 4.56. The van der Waals surface area contributed by atoms with Crippen molar-refractivity contribution in [2.45, 2.75) is 24.3 Å². The topological polar surface area (TPSA) is 73.8 Å². The van der Waals surface area contributed by atoms with Crippen LogP contribution in [0.1, 0.15) is 23.6 Å². The van der Waals surface area contributed by atoms with Gasteiger partial charge in [0, 0.05) is 12.6 Å². The first-order chi connectivity index (χ1) is 12.9. The summed E-state index contributed by atoms with van der Waals surface area (Å²) in [7, 11) is 1.69. The molecule has 0 fully saturated rings. The SMILES string of the molecule is Cc1ccc(-c2noc(C(C)Sc3nc4ccsc4c(=O)n3C)n2)cc1F. The number of thiophene rings is 1. The summed E-state index contributed by atoms with van der Waals surface area (Å²) in [5.41, 5.74) is 1.71. The first kappa shape index (κ1) is 17.9. The van der Waals surface area contributed by atoms with Crippen LogP contribution in [0.5, 0.6) is 0 Å². The molecule has 3 heterocycles. The molecule has 0 saturated carbocycles. The van der Waals surface area contributed by atoms with E-state index < -0.39 is 0 Å². The van der Waals surface area contributed by atoms with Crippen LogP contribution in [0.4, 0.5) is 4.39 Å². The lowest BCUT2D eigenvalue weighted by atomic mass is 10.1. The number of aryl methyl sites for hydroxylation is 1. The van der Waals surface area contributed by atoms with Gasteiger partial charge in [0.15, 0.2) is 5.16 Å². The van der Waals surface area contributed by atoms with Gasteiger partial charge in [0.05, 0.1) is 10.8 Å². The smallest absolute Gasteiger partial charge is 0.271 e. The standard InChI is InChI=1S/C18H15FN4O2S2/c1-9-4-5-11(8-12(9)19)15-21-16(25-22-15)10(2)27-18-20-13-6-7-26-14(13)17(24)23(18)3/h4-8,10H,1-3H3. The highest BCUT2D eigenvalue weighted by Gasteiger charge is 2.20. The number of hydrogen-bond acceptors (Lipinski definition) is 7. The van der Waals surface area contributed by atoms with Crippen LogP contribution in [0, 0.1) is 12.7 Å². The Hall–Kier alpha value is -2.52. The Labute approximate surface area is 162 Å². The lowest BCUT2D eigenvalue weighted by Crippen LogP contribution is -2.19. The van der Waals surface area contributed by atoms with Crippen molar-refractivity contribution < 1.29 is 8.91 Å². The van der Waals surface area contributed by atoms with Gasteiger partial charge in [-0.1, -0.05) is 29.1 Å². The highest BCUT2D eigenvalue weighted by molar-refractivity contribution is 7.99. The summed E-state index contributed by atoms with van der Waals surface area (Å²) < 4.78 is 21.3. The Balaban J connectivity index is 1.62. The molecular weight excluding hydrogens is 387 g/mol. The Morgan fingerprint density at radius 3 is 2.89 bits per heavy atom. The molecule has 0 saturated heterocycles. The molecule has 27 heavy (non-hydrogen) atoms. The molecular formula is C18H15FN4O2S2. The van der Waals surface area contributed by atoms with Gasteiger partial charge in [-0.25, -0.2) is 9.37 Å². The Morgan fingerprint density at radius 2 is 2.11 bits per heavy atom. The zero-order valence-electron chi connectivity index (χ0n) is 14.8. The van der Waals surface area contributed by atoms with Gasteiger partial charge < -0.3 is 4.52 Å². The number of nitrogens with zero attached hydrogens (tertiary/aromatic N) is 4. The first-order valence-electron chi connectivity index (χ1n) is 8.15. The highest BCUT2D eigenvalue weighted by atomic mass is 32.2. The van der Waals surface area contributed by atoms with Crippen molar-refractivity contribution in [2.75, 3.05) is 0 Å². The normalized spacial score (nSPS) is 12.6. The van der Waals surface area contributed by atoms with Gasteiger partial charge in [0.25, 0.3) is 5.56 Å². The van der Waals surface area contributed by atoms with E-state index in [4.69, 9.17) is 4.52 Å². The second-order valence-electron chi connectivity index (χ2n) is 6.07. The van der Waals surface area contributed by atoms with E-state index in [0.29, 0.717) is 38.2 Å². The van der Waals surface area contributed by atoms with E-state index >= 15 is 0 Å². The number of fused-ring (bicyclic) bond motifs is 1. The largest absolute Gasteiger partial charge is 0.338 e. The predicted molar refractivity (Wildman–Crippen MR) is 104 cm³/mol. The maximum atomic E-state index is 13.8. The third-order valence-corrected chi connectivity index (χ3v) is 6.17. The van der Waals surface area contributed by atoms with Crippen LogP contribution in [-0.2, 0) is 7.05 Å². The maximum absolute atomic E-state index is 13.8. The molecule has 0 bridgehead atoms. The molecule has 4 aromatic rings. The van der Waals surface area contributed by atoms with E-state index in [-0.39, 0.29) is 16.6 Å². The third-order valence-electron chi connectivity index (χ3n) is 4.15. The first-order valence-corrected chi connectivity index (χ1v) is 9.91. The number of halogens is 1. The molecule has 0 aliphatic rings. The van der Waals surface area contributed by atoms with E-state index in [9.17, 15) is 9.18 Å². The molecule has 3 aromatic heterocycles. The van der Waals surface area contributed by atoms with E-state index in [0.717, 1.165) is 0 Å². The van der Waals surface area contributed by atoms with Crippen LogP contribution < -0.4 is 5.56 Å². The molecule has 0 amide bonds. The van der Waals surface area contributed by atoms with Gasteiger partial charge in [0.1, 0.15) is 10.5 Å². The highest BCUT2D eigenvalue weighted by Crippen LogP contribution is 2.34. The van der Waals surface area contributed by atoms with Crippen molar-refractivity contribution in [2.24, 2.45) is 7.05 Å². The number of thioether (sulfide) groups is 1. The summed E-state index contributed by atoms with van der Waals surface area (Å²) in [5.74, 6) is 0.395.